The molecular formula is C22H22N2O6. The molecule has 2 aromatic carbocycles. The van der Waals surface area contributed by atoms with Gasteiger partial charge in [-0.15, -0.1) is 0 Å². The van der Waals surface area contributed by atoms with E-state index in [2.05, 4.69) is 5.32 Å². The number of rotatable bonds is 5. The lowest BCUT2D eigenvalue weighted by Crippen LogP contribution is -2.53. The minimum atomic E-state index is -1.66. The fraction of sp³-hybridized carbons (Fsp3) is 0.318. The highest BCUT2D eigenvalue weighted by Crippen LogP contribution is 2.51. The normalized spacial score (nSPS) is 27.9. The number of ether oxygens (including phenoxy) is 1. The van der Waals surface area contributed by atoms with Gasteiger partial charge in [-0.1, -0.05) is 42.5 Å². The zero-order valence-electron chi connectivity index (χ0n) is 16.5. The Labute approximate surface area is 173 Å². The quantitative estimate of drug-likeness (QED) is 0.643. The molecule has 8 nitrogen and oxygen atoms in total. The number of hydrogen-bond donors (Lipinski definition) is 3. The molecule has 156 valence electrons. The second-order valence-corrected chi connectivity index (χ2v) is 7.78. The largest absolute Gasteiger partial charge is 0.504 e. The number of methoxy groups -OCH3 is 1. The lowest BCUT2D eigenvalue weighted by atomic mass is 9.80. The molecule has 0 aromatic heterocycles. The number of nitrogens with zero attached hydrogens (tertiary/aromatic N) is 1. The monoisotopic (exact) mass is 410 g/mol. The van der Waals surface area contributed by atoms with Gasteiger partial charge in [-0.05, 0) is 18.6 Å². The third kappa shape index (κ3) is 2.83. The summed E-state index contributed by atoms with van der Waals surface area (Å²) in [5.74, 6) is -4.26. The van der Waals surface area contributed by atoms with Crippen LogP contribution in [0.4, 0.5) is 0 Å². The summed E-state index contributed by atoms with van der Waals surface area (Å²) in [6.07, 6.45) is 0. The van der Waals surface area contributed by atoms with Gasteiger partial charge < -0.3 is 14.9 Å². The van der Waals surface area contributed by atoms with E-state index in [1.165, 1.54) is 14.0 Å². The summed E-state index contributed by atoms with van der Waals surface area (Å²) in [6.45, 7) is 1.47. The average molecular weight is 410 g/mol. The van der Waals surface area contributed by atoms with E-state index in [4.69, 9.17) is 4.74 Å². The van der Waals surface area contributed by atoms with Crippen LogP contribution in [0.25, 0.3) is 0 Å². The van der Waals surface area contributed by atoms with Crippen molar-refractivity contribution >= 4 is 17.8 Å². The third-order valence-corrected chi connectivity index (χ3v) is 6.09. The van der Waals surface area contributed by atoms with Crippen molar-refractivity contribution in [3.63, 3.8) is 0 Å². The van der Waals surface area contributed by atoms with Crippen LogP contribution >= 0.6 is 0 Å². The molecule has 0 radical (unpaired) electrons. The number of nitrogens with one attached hydrogen (secondary N) is 1. The molecular weight excluding hydrogens is 388 g/mol. The SMILES string of the molecule is COc1cccc([C@@H]2N[C@](C)(C(=O)O)[C@H]3C(=O)N(Cc4ccccc4)C(=O)[C@@H]23)c1O. The van der Waals surface area contributed by atoms with Crippen LogP contribution < -0.4 is 10.1 Å². The van der Waals surface area contributed by atoms with Crippen molar-refractivity contribution < 1.29 is 29.3 Å². The van der Waals surface area contributed by atoms with Crippen molar-refractivity contribution in [1.82, 2.24) is 10.2 Å². The molecule has 4 atom stereocenters. The van der Waals surface area contributed by atoms with Gasteiger partial charge >= 0.3 is 5.97 Å². The number of carbonyl (C=O) groups is 3. The predicted molar refractivity (Wildman–Crippen MR) is 106 cm³/mol. The Bertz CT molecular complexity index is 1020. The Kier molecular flexibility index (Phi) is 4.74. The van der Waals surface area contributed by atoms with Gasteiger partial charge in [-0.3, -0.25) is 24.6 Å². The number of carboxylic acid groups (broad SMARTS) is 1. The first-order chi connectivity index (χ1) is 14.3. The van der Waals surface area contributed by atoms with E-state index in [0.29, 0.717) is 5.56 Å². The number of hydrogen-bond acceptors (Lipinski definition) is 6. The van der Waals surface area contributed by atoms with E-state index in [1.807, 2.05) is 6.07 Å². The van der Waals surface area contributed by atoms with E-state index in [0.717, 1.165) is 10.5 Å². The van der Waals surface area contributed by atoms with Crippen LogP contribution in [-0.2, 0) is 20.9 Å². The maximum Gasteiger partial charge on any atom is 0.324 e. The van der Waals surface area contributed by atoms with Crippen LogP contribution in [0, 0.1) is 11.8 Å². The highest BCUT2D eigenvalue weighted by Gasteiger charge is 2.66. The molecule has 2 fully saturated rings. The molecule has 0 unspecified atom stereocenters. The maximum absolute atomic E-state index is 13.3. The fourth-order valence-electron chi connectivity index (χ4n) is 4.54. The Morgan fingerprint density at radius 2 is 1.83 bits per heavy atom. The molecule has 2 aliphatic rings. The van der Waals surface area contributed by atoms with Gasteiger partial charge in [0.05, 0.1) is 25.5 Å². The number of imide groups is 1. The van der Waals surface area contributed by atoms with Crippen molar-refractivity contribution in [3.05, 3.63) is 59.7 Å². The average Bonchev–Trinajstić information content (AvgIpc) is 3.18. The van der Waals surface area contributed by atoms with Gasteiger partial charge in [0.15, 0.2) is 11.5 Å². The molecule has 0 aliphatic carbocycles. The van der Waals surface area contributed by atoms with Gasteiger partial charge in [-0.2, -0.15) is 0 Å². The molecule has 0 saturated carbocycles. The van der Waals surface area contributed by atoms with Crippen molar-refractivity contribution in [1.29, 1.82) is 0 Å². The van der Waals surface area contributed by atoms with Crippen LogP contribution in [0.2, 0.25) is 0 Å². The third-order valence-electron chi connectivity index (χ3n) is 6.09. The summed E-state index contributed by atoms with van der Waals surface area (Å²) in [5, 5.41) is 23.5. The number of amides is 2. The molecule has 2 aromatic rings. The van der Waals surface area contributed by atoms with Gasteiger partial charge in [0.2, 0.25) is 11.8 Å². The first-order valence-electron chi connectivity index (χ1n) is 9.55. The standard InChI is InChI=1S/C22H22N2O6/c1-22(21(28)29)16-15(17(23-22)13-9-6-10-14(30-2)18(13)25)19(26)24(20(16)27)11-12-7-4-3-5-8-12/h3-10,15-17,23,25H,11H2,1-2H3,(H,28,29)/t15-,16-,17+,22+/m1/s1. The van der Waals surface area contributed by atoms with Gasteiger partial charge in [0, 0.05) is 11.6 Å². The highest BCUT2D eigenvalue weighted by molar-refractivity contribution is 6.09. The number of benzene rings is 2. The molecule has 4 rings (SSSR count). The minimum Gasteiger partial charge on any atom is -0.504 e. The Balaban J connectivity index is 1.78. The number of aromatic hydroxyl groups is 1. The highest BCUT2D eigenvalue weighted by atomic mass is 16.5. The maximum atomic E-state index is 13.3. The second-order valence-electron chi connectivity index (χ2n) is 7.78. The topological polar surface area (TPSA) is 116 Å². The number of aliphatic carboxylic acids is 1. The molecule has 0 spiro atoms. The molecule has 2 heterocycles. The fourth-order valence-corrected chi connectivity index (χ4v) is 4.54. The van der Waals surface area contributed by atoms with Crippen LogP contribution in [-0.4, -0.2) is 45.5 Å². The van der Waals surface area contributed by atoms with E-state index in [1.54, 1.807) is 42.5 Å². The Hall–Kier alpha value is -3.39. The van der Waals surface area contributed by atoms with E-state index in [9.17, 15) is 24.6 Å². The smallest absolute Gasteiger partial charge is 0.324 e. The van der Waals surface area contributed by atoms with Gasteiger partial charge in [0.1, 0.15) is 5.54 Å². The Morgan fingerprint density at radius 3 is 2.47 bits per heavy atom. The molecule has 2 aliphatic heterocycles. The number of para-hydroxylation sites is 1. The van der Waals surface area contributed by atoms with E-state index < -0.39 is 41.2 Å². The van der Waals surface area contributed by atoms with E-state index >= 15 is 0 Å². The van der Waals surface area contributed by atoms with Crippen molar-refractivity contribution in [2.24, 2.45) is 11.8 Å². The number of carbonyl (C=O) groups excluding carboxylic acids is 2. The lowest BCUT2D eigenvalue weighted by molar-refractivity contribution is -0.150. The lowest BCUT2D eigenvalue weighted by Gasteiger charge is -2.27. The van der Waals surface area contributed by atoms with Crippen LogP contribution in [0.5, 0.6) is 11.5 Å². The summed E-state index contributed by atoms with van der Waals surface area (Å²) < 4.78 is 5.15. The zero-order chi connectivity index (χ0) is 21.6. The van der Waals surface area contributed by atoms with Crippen LogP contribution in [0.3, 0.4) is 0 Å². The van der Waals surface area contributed by atoms with Crippen LogP contribution in [0.1, 0.15) is 24.1 Å². The molecule has 2 saturated heterocycles. The molecule has 3 N–H and O–H groups in total. The summed E-state index contributed by atoms with van der Waals surface area (Å²) >= 11 is 0. The number of phenols is 1. The van der Waals surface area contributed by atoms with Crippen molar-refractivity contribution in [3.8, 4) is 11.5 Å². The minimum absolute atomic E-state index is 0.0675. The molecule has 30 heavy (non-hydrogen) atoms. The molecule has 8 heteroatoms. The van der Waals surface area contributed by atoms with Crippen molar-refractivity contribution in [2.75, 3.05) is 7.11 Å². The number of phenolic OH excluding ortho intramolecular Hbond substituents is 1. The predicted octanol–water partition coefficient (Wildman–Crippen LogP) is 1.69. The molecule has 2 amide bonds. The van der Waals surface area contributed by atoms with Crippen molar-refractivity contribution in [2.45, 2.75) is 25.0 Å². The molecule has 0 bridgehead atoms. The summed E-state index contributed by atoms with van der Waals surface area (Å²) in [5.41, 5.74) is -0.578. The Morgan fingerprint density at radius 1 is 1.13 bits per heavy atom. The van der Waals surface area contributed by atoms with Gasteiger partial charge in [0.25, 0.3) is 0 Å². The first kappa shape index (κ1) is 19.9. The summed E-state index contributed by atoms with van der Waals surface area (Å²) in [4.78, 5) is 39.8. The van der Waals surface area contributed by atoms with E-state index in [-0.39, 0.29) is 18.0 Å². The zero-order valence-corrected chi connectivity index (χ0v) is 16.5. The first-order valence-corrected chi connectivity index (χ1v) is 9.55. The summed E-state index contributed by atoms with van der Waals surface area (Å²) in [6, 6.07) is 13.0. The summed E-state index contributed by atoms with van der Waals surface area (Å²) in [7, 11) is 1.40. The number of carboxylic acids is 1. The second kappa shape index (κ2) is 7.14. The van der Waals surface area contributed by atoms with Gasteiger partial charge in [-0.25, -0.2) is 0 Å². The number of fused-ring (bicyclic) bond motifs is 1. The number of likely N-dealkylation sites (tertiary alicyclic amines) is 1. The van der Waals surface area contributed by atoms with Crippen LogP contribution in [0.15, 0.2) is 48.5 Å².